The van der Waals surface area contributed by atoms with Crippen molar-refractivity contribution in [2.45, 2.75) is 103 Å². The van der Waals surface area contributed by atoms with E-state index in [-0.39, 0.29) is 19.2 Å². The second-order valence-corrected chi connectivity index (χ2v) is 7.47. The molecule has 5 nitrogen and oxygen atoms in total. The first kappa shape index (κ1) is 27.1. The highest BCUT2D eigenvalue weighted by atomic mass is 16.6. The van der Waals surface area contributed by atoms with Gasteiger partial charge in [0, 0.05) is 6.42 Å². The van der Waals surface area contributed by atoms with Crippen molar-refractivity contribution in [2.24, 2.45) is 0 Å². The van der Waals surface area contributed by atoms with Gasteiger partial charge in [-0.3, -0.25) is 4.79 Å². The predicted octanol–water partition coefficient (Wildman–Crippen LogP) is 4.94. The number of carbonyl (C=O) groups excluding carboxylic acids is 1. The second kappa shape index (κ2) is 22.4. The van der Waals surface area contributed by atoms with E-state index in [2.05, 4.69) is 23.8 Å². The van der Waals surface area contributed by atoms with Crippen LogP contribution in [0.1, 0.15) is 96.8 Å². The van der Waals surface area contributed by atoms with Crippen molar-refractivity contribution in [3.8, 4) is 0 Å². The van der Waals surface area contributed by atoms with Gasteiger partial charge in [0.25, 0.3) is 0 Å². The van der Waals surface area contributed by atoms with Gasteiger partial charge in [-0.15, -0.1) is 0 Å². The molecule has 0 bridgehead atoms. The summed E-state index contributed by atoms with van der Waals surface area (Å²) < 4.78 is 9.36. The van der Waals surface area contributed by atoms with Crippen molar-refractivity contribution in [3.05, 3.63) is 12.2 Å². The molecule has 28 heavy (non-hydrogen) atoms. The van der Waals surface area contributed by atoms with Crippen LogP contribution in [0.5, 0.6) is 0 Å². The van der Waals surface area contributed by atoms with E-state index >= 15 is 0 Å². The number of allylic oxidation sites excluding steroid dienone is 2. The largest absolute Gasteiger partial charge is 0.463 e. The first-order chi connectivity index (χ1) is 13.7. The van der Waals surface area contributed by atoms with Crippen LogP contribution < -0.4 is 0 Å². The van der Waals surface area contributed by atoms with Crippen LogP contribution in [0.25, 0.3) is 0 Å². The van der Waals surface area contributed by atoms with Crippen molar-refractivity contribution >= 4 is 5.97 Å². The molecule has 0 spiro atoms. The molecule has 0 amide bonds. The van der Waals surface area contributed by atoms with Gasteiger partial charge in [0.1, 0.15) is 12.7 Å². The zero-order valence-corrected chi connectivity index (χ0v) is 18.1. The third kappa shape index (κ3) is 25.1. The number of rotatable bonds is 18. The van der Waals surface area contributed by atoms with Gasteiger partial charge >= 0.3 is 5.97 Å². The smallest absolute Gasteiger partial charge is 0.305 e. The van der Waals surface area contributed by atoms with Gasteiger partial charge < -0.3 is 19.7 Å². The van der Waals surface area contributed by atoms with E-state index in [9.17, 15) is 4.79 Å². The summed E-state index contributed by atoms with van der Waals surface area (Å²) in [5.74, 6) is -0.287. The molecule has 0 aliphatic carbocycles. The molecule has 1 aliphatic heterocycles. The molecule has 166 valence electrons. The predicted molar refractivity (Wildman–Crippen MR) is 114 cm³/mol. The molecule has 1 saturated heterocycles. The standard InChI is InChI=1S/C21H40O4.C2H4O/c1-2-3-4-5-6-7-8-9-10-11-12-13-14-15-16-17-21(24)25-19-20(23)18-22;1-2-3-1/h9-10,20,22-23H,2-8,11-19H2,1H3;1-2H2/b10-9-;. The molecule has 0 aromatic rings. The first-order valence-corrected chi connectivity index (χ1v) is 11.4. The highest BCUT2D eigenvalue weighted by Crippen LogP contribution is 2.10. The average molecular weight is 401 g/mol. The van der Waals surface area contributed by atoms with Crippen LogP contribution in [0.4, 0.5) is 0 Å². The third-order valence-corrected chi connectivity index (χ3v) is 4.49. The van der Waals surface area contributed by atoms with E-state index in [4.69, 9.17) is 14.9 Å². The lowest BCUT2D eigenvalue weighted by Crippen LogP contribution is -2.21. The van der Waals surface area contributed by atoms with E-state index in [0.29, 0.717) is 6.42 Å². The van der Waals surface area contributed by atoms with Gasteiger partial charge in [-0.05, 0) is 32.1 Å². The van der Waals surface area contributed by atoms with Crippen molar-refractivity contribution < 1.29 is 24.5 Å². The third-order valence-electron chi connectivity index (χ3n) is 4.49. The maximum Gasteiger partial charge on any atom is 0.305 e. The van der Waals surface area contributed by atoms with E-state index in [0.717, 1.165) is 38.9 Å². The Morgan fingerprint density at radius 3 is 1.93 bits per heavy atom. The molecule has 0 aromatic heterocycles. The monoisotopic (exact) mass is 400 g/mol. The molecule has 0 aromatic carbocycles. The summed E-state index contributed by atoms with van der Waals surface area (Å²) in [5, 5.41) is 17.7. The summed E-state index contributed by atoms with van der Waals surface area (Å²) in [7, 11) is 0. The minimum Gasteiger partial charge on any atom is -0.463 e. The number of aliphatic hydroxyl groups excluding tert-OH is 2. The first-order valence-electron chi connectivity index (χ1n) is 11.4. The number of carbonyl (C=O) groups is 1. The molecule has 0 radical (unpaired) electrons. The number of hydrogen-bond acceptors (Lipinski definition) is 5. The molecular formula is C23H44O5. The van der Waals surface area contributed by atoms with Gasteiger partial charge in [0.2, 0.25) is 0 Å². The Labute approximate surface area is 172 Å². The number of hydrogen-bond donors (Lipinski definition) is 2. The van der Waals surface area contributed by atoms with E-state index in [1.54, 1.807) is 0 Å². The molecule has 2 N–H and O–H groups in total. The Morgan fingerprint density at radius 1 is 0.929 bits per heavy atom. The van der Waals surface area contributed by atoms with E-state index < -0.39 is 6.10 Å². The fourth-order valence-electron chi connectivity index (χ4n) is 2.65. The molecule has 1 atom stereocenters. The Balaban J connectivity index is 0.00000219. The highest BCUT2D eigenvalue weighted by Gasteiger charge is 2.07. The lowest BCUT2D eigenvalue weighted by molar-refractivity contribution is -0.147. The van der Waals surface area contributed by atoms with E-state index in [1.807, 2.05) is 0 Å². The normalized spacial score (nSPS) is 13.8. The molecule has 0 saturated carbocycles. The maximum absolute atomic E-state index is 11.4. The minimum atomic E-state index is -0.960. The Hall–Kier alpha value is -0.910. The number of ether oxygens (including phenoxy) is 2. The van der Waals surface area contributed by atoms with Gasteiger partial charge in [0.05, 0.1) is 19.8 Å². The van der Waals surface area contributed by atoms with Crippen LogP contribution in [0.3, 0.4) is 0 Å². The fourth-order valence-corrected chi connectivity index (χ4v) is 2.65. The number of epoxide rings is 1. The SMILES string of the molecule is C1CO1.CCCCCCCC/C=C\CCCCCCCC(=O)OCC(O)CO. The van der Waals surface area contributed by atoms with Gasteiger partial charge in [-0.25, -0.2) is 0 Å². The summed E-state index contributed by atoms with van der Waals surface area (Å²) in [6.07, 6.45) is 20.1. The van der Waals surface area contributed by atoms with Crippen LogP contribution in [0, 0.1) is 0 Å². The maximum atomic E-state index is 11.4. The Kier molecular flexibility index (Phi) is 21.7. The lowest BCUT2D eigenvalue weighted by atomic mass is 10.1. The van der Waals surface area contributed by atoms with Crippen molar-refractivity contribution in [1.82, 2.24) is 0 Å². The molecular weight excluding hydrogens is 356 g/mol. The molecule has 1 rings (SSSR count). The highest BCUT2D eigenvalue weighted by molar-refractivity contribution is 5.69. The van der Waals surface area contributed by atoms with Crippen molar-refractivity contribution in [1.29, 1.82) is 0 Å². The average Bonchev–Trinajstić information content (AvgIpc) is 3.58. The molecule has 1 unspecified atom stereocenters. The zero-order valence-electron chi connectivity index (χ0n) is 18.1. The minimum absolute atomic E-state index is 0.111. The van der Waals surface area contributed by atoms with Crippen LogP contribution >= 0.6 is 0 Å². The Morgan fingerprint density at radius 2 is 1.43 bits per heavy atom. The second-order valence-electron chi connectivity index (χ2n) is 7.47. The summed E-state index contributed by atoms with van der Waals surface area (Å²) >= 11 is 0. The lowest BCUT2D eigenvalue weighted by Gasteiger charge is -2.08. The van der Waals surface area contributed by atoms with Gasteiger partial charge in [0.15, 0.2) is 0 Å². The van der Waals surface area contributed by atoms with Crippen LogP contribution in [0.15, 0.2) is 12.2 Å². The van der Waals surface area contributed by atoms with E-state index in [1.165, 1.54) is 57.8 Å². The van der Waals surface area contributed by atoms with Gasteiger partial charge in [-0.2, -0.15) is 0 Å². The van der Waals surface area contributed by atoms with Crippen LogP contribution in [-0.2, 0) is 14.3 Å². The number of esters is 1. The number of unbranched alkanes of at least 4 members (excludes halogenated alkanes) is 11. The summed E-state index contributed by atoms with van der Waals surface area (Å²) in [5.41, 5.74) is 0. The topological polar surface area (TPSA) is 79.3 Å². The summed E-state index contributed by atoms with van der Waals surface area (Å²) in [6, 6.07) is 0. The molecule has 1 fully saturated rings. The molecule has 1 heterocycles. The fraction of sp³-hybridized carbons (Fsp3) is 0.870. The summed E-state index contributed by atoms with van der Waals surface area (Å²) in [4.78, 5) is 11.4. The van der Waals surface area contributed by atoms with Crippen molar-refractivity contribution in [3.63, 3.8) is 0 Å². The molecule has 5 heteroatoms. The van der Waals surface area contributed by atoms with Crippen LogP contribution in [-0.4, -0.2) is 48.7 Å². The van der Waals surface area contributed by atoms with Crippen LogP contribution in [0.2, 0.25) is 0 Å². The van der Waals surface area contributed by atoms with Crippen molar-refractivity contribution in [2.75, 3.05) is 26.4 Å². The van der Waals surface area contributed by atoms with Gasteiger partial charge in [-0.1, -0.05) is 70.4 Å². The Bertz CT molecular complexity index is 352. The molecule has 1 aliphatic rings. The zero-order chi connectivity index (χ0) is 20.7. The number of aliphatic hydroxyl groups is 2. The summed E-state index contributed by atoms with van der Waals surface area (Å²) in [6.45, 7) is 3.77. The quantitative estimate of drug-likeness (QED) is 0.147.